The maximum Gasteiger partial charge on any atom is 0.254 e. The minimum atomic E-state index is -0.00611. The smallest absolute Gasteiger partial charge is 0.254 e. The molecular formula is C16H24Cl2N2O. The molecule has 118 valence electrons. The molecule has 1 aromatic rings. The fraction of sp³-hybridized carbons (Fsp3) is 0.625. The predicted octanol–water partition coefficient (Wildman–Crippen LogP) is 5.21. The third-order valence-corrected chi connectivity index (χ3v) is 3.75. The van der Waals surface area contributed by atoms with Crippen LogP contribution in [0.4, 0.5) is 0 Å². The number of unbranched alkanes of at least 4 members (excludes halogenated alkanes) is 4. The van der Waals surface area contributed by atoms with Gasteiger partial charge >= 0.3 is 0 Å². The van der Waals surface area contributed by atoms with Gasteiger partial charge in [-0.3, -0.25) is 4.79 Å². The highest BCUT2D eigenvalue weighted by Crippen LogP contribution is 2.17. The molecule has 0 aromatic carbocycles. The molecule has 3 nitrogen and oxygen atoms in total. The lowest BCUT2D eigenvalue weighted by molar-refractivity contribution is 0.0749. The van der Waals surface area contributed by atoms with E-state index in [2.05, 4.69) is 18.8 Å². The van der Waals surface area contributed by atoms with E-state index in [1.54, 1.807) is 12.1 Å². The molecule has 0 saturated heterocycles. The summed E-state index contributed by atoms with van der Waals surface area (Å²) < 4.78 is 0. The summed E-state index contributed by atoms with van der Waals surface area (Å²) in [4.78, 5) is 18.4. The van der Waals surface area contributed by atoms with Gasteiger partial charge in [-0.1, -0.05) is 62.7 Å². The Morgan fingerprint density at radius 2 is 1.48 bits per heavy atom. The van der Waals surface area contributed by atoms with E-state index in [-0.39, 0.29) is 16.2 Å². The largest absolute Gasteiger partial charge is 0.339 e. The van der Waals surface area contributed by atoms with E-state index >= 15 is 0 Å². The van der Waals surface area contributed by atoms with Gasteiger partial charge in [-0.15, -0.1) is 0 Å². The number of rotatable bonds is 9. The average molecular weight is 331 g/mol. The molecule has 1 rings (SSSR count). The number of amides is 1. The van der Waals surface area contributed by atoms with E-state index in [1.165, 1.54) is 0 Å². The van der Waals surface area contributed by atoms with E-state index in [9.17, 15) is 4.79 Å². The van der Waals surface area contributed by atoms with Crippen LogP contribution in [0.5, 0.6) is 0 Å². The molecule has 0 atom stereocenters. The number of hydrogen-bond acceptors (Lipinski definition) is 2. The highest BCUT2D eigenvalue weighted by molar-refractivity contribution is 6.33. The first-order chi connectivity index (χ1) is 10.1. The summed E-state index contributed by atoms with van der Waals surface area (Å²) in [5.41, 5.74) is 0.521. The fourth-order valence-corrected chi connectivity index (χ4v) is 2.65. The zero-order valence-corrected chi connectivity index (χ0v) is 14.4. The molecule has 0 unspecified atom stereocenters. The van der Waals surface area contributed by atoms with E-state index in [0.717, 1.165) is 51.6 Å². The van der Waals surface area contributed by atoms with Crippen LogP contribution in [0.15, 0.2) is 12.1 Å². The minimum Gasteiger partial charge on any atom is -0.339 e. The van der Waals surface area contributed by atoms with Gasteiger partial charge in [-0.05, 0) is 25.0 Å². The van der Waals surface area contributed by atoms with Crippen molar-refractivity contribution in [1.82, 2.24) is 9.88 Å². The van der Waals surface area contributed by atoms with Crippen molar-refractivity contribution < 1.29 is 4.79 Å². The molecular weight excluding hydrogens is 307 g/mol. The first-order valence-electron chi connectivity index (χ1n) is 7.70. The predicted molar refractivity (Wildman–Crippen MR) is 89.2 cm³/mol. The lowest BCUT2D eigenvalue weighted by atomic mass is 10.1. The SMILES string of the molecule is CCCCCN(CCCCC)C(=O)c1cc(Cl)nc(Cl)c1. The first-order valence-corrected chi connectivity index (χ1v) is 8.46. The fourth-order valence-electron chi connectivity index (χ4n) is 2.19. The van der Waals surface area contributed by atoms with Gasteiger partial charge in [0.2, 0.25) is 0 Å². The summed E-state index contributed by atoms with van der Waals surface area (Å²) in [7, 11) is 0. The Labute approximate surface area is 137 Å². The Kier molecular flexibility index (Phi) is 8.70. The Hall–Kier alpha value is -0.800. The van der Waals surface area contributed by atoms with Crippen LogP contribution in [0, 0.1) is 0 Å². The second-order valence-electron chi connectivity index (χ2n) is 5.21. The van der Waals surface area contributed by atoms with Crippen LogP contribution in [0.1, 0.15) is 62.7 Å². The lowest BCUT2D eigenvalue weighted by Crippen LogP contribution is -2.33. The van der Waals surface area contributed by atoms with Crippen molar-refractivity contribution in [3.63, 3.8) is 0 Å². The van der Waals surface area contributed by atoms with Gasteiger partial charge in [0, 0.05) is 18.7 Å². The molecule has 0 aliphatic heterocycles. The van der Waals surface area contributed by atoms with Gasteiger partial charge < -0.3 is 4.90 Å². The zero-order chi connectivity index (χ0) is 15.7. The van der Waals surface area contributed by atoms with Crippen LogP contribution < -0.4 is 0 Å². The topological polar surface area (TPSA) is 33.2 Å². The summed E-state index contributed by atoms with van der Waals surface area (Å²) in [6, 6.07) is 3.17. The molecule has 0 radical (unpaired) electrons. The molecule has 0 saturated carbocycles. The van der Waals surface area contributed by atoms with E-state index in [4.69, 9.17) is 23.2 Å². The van der Waals surface area contributed by atoms with Gasteiger partial charge in [0.15, 0.2) is 0 Å². The van der Waals surface area contributed by atoms with Gasteiger partial charge in [0.1, 0.15) is 10.3 Å². The third kappa shape index (κ3) is 6.66. The number of carbonyl (C=O) groups is 1. The summed E-state index contributed by atoms with van der Waals surface area (Å²) in [5, 5.41) is 0.515. The van der Waals surface area contributed by atoms with Crippen molar-refractivity contribution in [1.29, 1.82) is 0 Å². The molecule has 21 heavy (non-hydrogen) atoms. The maximum atomic E-state index is 12.6. The Bertz CT molecular complexity index is 422. The summed E-state index contributed by atoms with van der Waals surface area (Å²) in [6.07, 6.45) is 6.61. The number of halogens is 2. The van der Waals surface area contributed by atoms with Crippen LogP contribution in [-0.4, -0.2) is 28.9 Å². The quantitative estimate of drug-likeness (QED) is 0.460. The van der Waals surface area contributed by atoms with Crippen molar-refractivity contribution in [2.45, 2.75) is 52.4 Å². The van der Waals surface area contributed by atoms with Gasteiger partial charge in [0.25, 0.3) is 5.91 Å². The zero-order valence-electron chi connectivity index (χ0n) is 12.9. The Morgan fingerprint density at radius 1 is 1.00 bits per heavy atom. The molecule has 0 bridgehead atoms. The van der Waals surface area contributed by atoms with Crippen LogP contribution >= 0.6 is 23.2 Å². The van der Waals surface area contributed by atoms with Crippen molar-refractivity contribution in [2.75, 3.05) is 13.1 Å². The van der Waals surface area contributed by atoms with Crippen LogP contribution in [-0.2, 0) is 0 Å². The van der Waals surface area contributed by atoms with Crippen molar-refractivity contribution >= 4 is 29.1 Å². The van der Waals surface area contributed by atoms with Gasteiger partial charge in [-0.2, -0.15) is 0 Å². The highest BCUT2D eigenvalue weighted by Gasteiger charge is 2.16. The number of nitrogens with zero attached hydrogens (tertiary/aromatic N) is 2. The number of pyridine rings is 1. The summed E-state index contributed by atoms with van der Waals surface area (Å²) >= 11 is 11.8. The van der Waals surface area contributed by atoms with Crippen LogP contribution in [0.3, 0.4) is 0 Å². The van der Waals surface area contributed by atoms with Crippen molar-refractivity contribution in [3.8, 4) is 0 Å². The van der Waals surface area contributed by atoms with E-state index in [1.807, 2.05) is 4.90 Å². The second kappa shape index (κ2) is 10.0. The molecule has 1 amide bonds. The van der Waals surface area contributed by atoms with Crippen molar-refractivity contribution in [2.24, 2.45) is 0 Å². The maximum absolute atomic E-state index is 12.6. The first kappa shape index (κ1) is 18.2. The average Bonchev–Trinajstić information content (AvgIpc) is 2.44. The van der Waals surface area contributed by atoms with E-state index < -0.39 is 0 Å². The molecule has 1 aromatic heterocycles. The minimum absolute atomic E-state index is 0.00611. The standard InChI is InChI=1S/C16H24Cl2N2O/c1-3-5-7-9-20(10-8-6-4-2)16(21)13-11-14(17)19-15(18)12-13/h11-12H,3-10H2,1-2H3. The molecule has 1 heterocycles. The lowest BCUT2D eigenvalue weighted by Gasteiger charge is -2.23. The van der Waals surface area contributed by atoms with Crippen molar-refractivity contribution in [3.05, 3.63) is 28.0 Å². The normalized spacial score (nSPS) is 10.7. The monoisotopic (exact) mass is 330 g/mol. The molecule has 0 fully saturated rings. The summed E-state index contributed by atoms with van der Waals surface area (Å²) in [6.45, 7) is 5.89. The molecule has 0 aliphatic rings. The Morgan fingerprint density at radius 3 is 1.90 bits per heavy atom. The third-order valence-electron chi connectivity index (χ3n) is 3.36. The van der Waals surface area contributed by atoms with E-state index in [0.29, 0.717) is 5.56 Å². The van der Waals surface area contributed by atoms with Gasteiger partial charge in [0.05, 0.1) is 0 Å². The van der Waals surface area contributed by atoms with Crippen LogP contribution in [0.25, 0.3) is 0 Å². The molecule has 5 heteroatoms. The van der Waals surface area contributed by atoms with Gasteiger partial charge in [-0.25, -0.2) is 4.98 Å². The number of carbonyl (C=O) groups excluding carboxylic acids is 1. The number of aromatic nitrogens is 1. The highest BCUT2D eigenvalue weighted by atomic mass is 35.5. The van der Waals surface area contributed by atoms with Crippen LogP contribution in [0.2, 0.25) is 10.3 Å². The molecule has 0 N–H and O–H groups in total. The molecule has 0 spiro atoms. The second-order valence-corrected chi connectivity index (χ2v) is 5.98. The molecule has 0 aliphatic carbocycles. The number of hydrogen-bond donors (Lipinski definition) is 0. The Balaban J connectivity index is 2.76. The summed E-state index contributed by atoms with van der Waals surface area (Å²) in [5.74, 6) is -0.00611.